The number of hydrogen-bond donors (Lipinski definition) is 1. The number of rotatable bonds is 4. The lowest BCUT2D eigenvalue weighted by molar-refractivity contribution is 0.169. The Balaban J connectivity index is 1.39. The Morgan fingerprint density at radius 3 is 2.55 bits per heavy atom. The molecule has 1 aromatic rings. The summed E-state index contributed by atoms with van der Waals surface area (Å²) in [5.74, 6) is -0.122. The molecule has 0 aromatic heterocycles. The van der Waals surface area contributed by atoms with E-state index in [2.05, 4.69) is 5.32 Å². The van der Waals surface area contributed by atoms with E-state index in [0.29, 0.717) is 6.04 Å². The molecule has 1 aromatic carbocycles. The van der Waals surface area contributed by atoms with Crippen molar-refractivity contribution >= 4 is 0 Å². The number of benzene rings is 1. The Bertz CT molecular complexity index is 427. The van der Waals surface area contributed by atoms with Crippen molar-refractivity contribution in [2.45, 2.75) is 63.8 Å². The van der Waals surface area contributed by atoms with Gasteiger partial charge in [-0.3, -0.25) is 0 Å². The van der Waals surface area contributed by atoms with E-state index in [-0.39, 0.29) is 5.82 Å². The lowest BCUT2D eigenvalue weighted by Gasteiger charge is -2.37. The molecule has 2 aliphatic carbocycles. The van der Waals surface area contributed by atoms with E-state index in [1.54, 1.807) is 12.1 Å². The fraction of sp³-hybridized carbons (Fsp3) is 0.667. The zero-order valence-corrected chi connectivity index (χ0v) is 12.3. The van der Waals surface area contributed by atoms with Gasteiger partial charge in [-0.05, 0) is 74.6 Å². The van der Waals surface area contributed by atoms with Crippen molar-refractivity contribution in [3.05, 3.63) is 35.6 Å². The lowest BCUT2D eigenvalue weighted by Crippen LogP contribution is -2.37. The summed E-state index contributed by atoms with van der Waals surface area (Å²) >= 11 is 0. The van der Waals surface area contributed by atoms with Crippen LogP contribution >= 0.6 is 0 Å². The number of halogens is 1. The first kappa shape index (κ1) is 14.1. The Hall–Kier alpha value is -0.890. The summed E-state index contributed by atoms with van der Waals surface area (Å²) in [4.78, 5) is 0. The van der Waals surface area contributed by atoms with Crippen molar-refractivity contribution in [3.8, 4) is 0 Å². The van der Waals surface area contributed by atoms with Crippen LogP contribution < -0.4 is 5.32 Å². The van der Waals surface area contributed by atoms with Crippen LogP contribution in [-0.2, 0) is 6.42 Å². The maximum Gasteiger partial charge on any atom is 0.123 e. The fourth-order valence-electron chi connectivity index (χ4n) is 4.17. The predicted octanol–water partition coefficient (Wildman–Crippen LogP) is 4.46. The van der Waals surface area contributed by atoms with Gasteiger partial charge in [0.2, 0.25) is 0 Å². The zero-order chi connectivity index (χ0) is 13.8. The van der Waals surface area contributed by atoms with Gasteiger partial charge in [0.05, 0.1) is 0 Å². The highest BCUT2D eigenvalue weighted by Gasteiger charge is 2.37. The average Bonchev–Trinajstić information content (AvgIpc) is 2.90. The monoisotopic (exact) mass is 275 g/mol. The largest absolute Gasteiger partial charge is 0.314 e. The van der Waals surface area contributed by atoms with Gasteiger partial charge in [-0.1, -0.05) is 25.0 Å². The van der Waals surface area contributed by atoms with Crippen LogP contribution in [0.5, 0.6) is 0 Å². The van der Waals surface area contributed by atoms with Gasteiger partial charge < -0.3 is 5.32 Å². The Morgan fingerprint density at radius 2 is 1.85 bits per heavy atom. The fourth-order valence-corrected chi connectivity index (χ4v) is 4.17. The molecule has 0 bridgehead atoms. The van der Waals surface area contributed by atoms with Crippen LogP contribution in [0.15, 0.2) is 24.3 Å². The summed E-state index contributed by atoms with van der Waals surface area (Å²) in [7, 11) is 0. The van der Waals surface area contributed by atoms with Crippen LogP contribution in [0.25, 0.3) is 0 Å². The number of nitrogens with one attached hydrogen (secondary N) is 1. The highest BCUT2D eigenvalue weighted by molar-refractivity contribution is 5.16. The zero-order valence-electron chi connectivity index (χ0n) is 12.3. The summed E-state index contributed by atoms with van der Waals surface area (Å²) in [6.45, 7) is 0.973. The Morgan fingerprint density at radius 1 is 1.10 bits per heavy atom. The van der Waals surface area contributed by atoms with E-state index < -0.39 is 0 Å². The first-order valence-corrected chi connectivity index (χ1v) is 8.24. The molecule has 0 radical (unpaired) electrons. The van der Waals surface area contributed by atoms with E-state index in [1.165, 1.54) is 57.4 Å². The van der Waals surface area contributed by atoms with Gasteiger partial charge in [-0.25, -0.2) is 4.39 Å². The predicted molar refractivity (Wildman–Crippen MR) is 81.3 cm³/mol. The van der Waals surface area contributed by atoms with Crippen LogP contribution in [0.1, 0.15) is 56.9 Å². The quantitative estimate of drug-likeness (QED) is 0.855. The molecule has 2 fully saturated rings. The van der Waals surface area contributed by atoms with Crippen molar-refractivity contribution in [2.75, 3.05) is 6.54 Å². The topological polar surface area (TPSA) is 12.0 Å². The van der Waals surface area contributed by atoms with Gasteiger partial charge in [0, 0.05) is 6.04 Å². The Labute approximate surface area is 122 Å². The summed E-state index contributed by atoms with van der Waals surface area (Å²) in [5, 5.41) is 3.67. The van der Waals surface area contributed by atoms with E-state index in [0.717, 1.165) is 23.9 Å². The molecule has 3 rings (SSSR count). The van der Waals surface area contributed by atoms with Crippen LogP contribution in [-0.4, -0.2) is 12.6 Å². The number of hydrogen-bond acceptors (Lipinski definition) is 1. The van der Waals surface area contributed by atoms with Gasteiger partial charge >= 0.3 is 0 Å². The van der Waals surface area contributed by atoms with Gasteiger partial charge in [0.25, 0.3) is 0 Å². The molecule has 0 unspecified atom stereocenters. The highest BCUT2D eigenvalue weighted by Crippen LogP contribution is 2.48. The minimum Gasteiger partial charge on any atom is -0.314 e. The molecule has 1 N–H and O–H groups in total. The second-order valence-electron chi connectivity index (χ2n) is 6.82. The van der Waals surface area contributed by atoms with E-state index in [4.69, 9.17) is 0 Å². The smallest absolute Gasteiger partial charge is 0.123 e. The molecule has 2 heteroatoms. The minimum atomic E-state index is -0.122. The molecule has 1 spiro atoms. The van der Waals surface area contributed by atoms with Crippen molar-refractivity contribution < 1.29 is 4.39 Å². The molecule has 2 aliphatic rings. The SMILES string of the molecule is Fc1cccc(CCNC2CCC3(CCCC3)CC2)c1. The van der Waals surface area contributed by atoms with Gasteiger partial charge in [0.15, 0.2) is 0 Å². The molecule has 0 heterocycles. The Kier molecular flexibility index (Phi) is 4.40. The minimum absolute atomic E-state index is 0.122. The molecular formula is C18H26FN. The summed E-state index contributed by atoms with van der Waals surface area (Å²) in [5.41, 5.74) is 1.82. The lowest BCUT2D eigenvalue weighted by atomic mass is 9.71. The van der Waals surface area contributed by atoms with Crippen molar-refractivity contribution in [3.63, 3.8) is 0 Å². The molecule has 0 amide bonds. The maximum atomic E-state index is 13.1. The summed E-state index contributed by atoms with van der Waals surface area (Å²) in [6.07, 6.45) is 12.3. The van der Waals surface area contributed by atoms with Gasteiger partial charge in [-0.2, -0.15) is 0 Å². The van der Waals surface area contributed by atoms with E-state index in [1.807, 2.05) is 6.07 Å². The molecule has 2 saturated carbocycles. The molecule has 110 valence electrons. The normalized spacial score (nSPS) is 22.4. The van der Waals surface area contributed by atoms with Crippen molar-refractivity contribution in [1.29, 1.82) is 0 Å². The molecule has 0 saturated heterocycles. The molecule has 20 heavy (non-hydrogen) atoms. The van der Waals surface area contributed by atoms with Crippen LogP contribution in [0, 0.1) is 11.2 Å². The molecule has 1 nitrogen and oxygen atoms in total. The average molecular weight is 275 g/mol. The third-order valence-electron chi connectivity index (χ3n) is 5.45. The van der Waals surface area contributed by atoms with Crippen LogP contribution in [0.4, 0.5) is 4.39 Å². The first-order valence-electron chi connectivity index (χ1n) is 8.24. The third kappa shape index (κ3) is 3.41. The van der Waals surface area contributed by atoms with Crippen LogP contribution in [0.2, 0.25) is 0 Å². The standard InChI is InChI=1S/C18H26FN/c19-16-5-3-4-15(14-16)8-13-20-17-6-11-18(12-7-17)9-1-2-10-18/h3-5,14,17,20H,1-2,6-13H2. The van der Waals surface area contributed by atoms with Crippen LogP contribution in [0.3, 0.4) is 0 Å². The third-order valence-corrected chi connectivity index (χ3v) is 5.45. The summed E-state index contributed by atoms with van der Waals surface area (Å²) < 4.78 is 13.1. The highest BCUT2D eigenvalue weighted by atomic mass is 19.1. The maximum absolute atomic E-state index is 13.1. The first-order chi connectivity index (χ1) is 9.76. The molecular weight excluding hydrogens is 249 g/mol. The summed E-state index contributed by atoms with van der Waals surface area (Å²) in [6, 6.07) is 7.67. The second kappa shape index (κ2) is 6.26. The second-order valence-corrected chi connectivity index (χ2v) is 6.82. The molecule has 0 atom stereocenters. The van der Waals surface area contributed by atoms with E-state index >= 15 is 0 Å². The van der Waals surface area contributed by atoms with Crippen molar-refractivity contribution in [1.82, 2.24) is 5.32 Å². The molecule has 0 aliphatic heterocycles. The van der Waals surface area contributed by atoms with Crippen molar-refractivity contribution in [2.24, 2.45) is 5.41 Å². The van der Waals surface area contributed by atoms with Gasteiger partial charge in [-0.15, -0.1) is 0 Å². The van der Waals surface area contributed by atoms with E-state index in [9.17, 15) is 4.39 Å². The van der Waals surface area contributed by atoms with Gasteiger partial charge in [0.1, 0.15) is 5.82 Å².